The van der Waals surface area contributed by atoms with Gasteiger partial charge in [-0.25, -0.2) is 4.98 Å². The number of nitrogens with zero attached hydrogens (tertiary/aromatic N) is 3. The molecule has 2 N–H and O–H groups in total. The summed E-state index contributed by atoms with van der Waals surface area (Å²) in [6, 6.07) is 11.1. The lowest BCUT2D eigenvalue weighted by atomic mass is 9.70. The third-order valence-electron chi connectivity index (χ3n) is 7.69. The van der Waals surface area contributed by atoms with Gasteiger partial charge in [0.1, 0.15) is 5.75 Å². The van der Waals surface area contributed by atoms with Crippen LogP contribution in [0.5, 0.6) is 5.75 Å². The Hall–Kier alpha value is -4.00. The van der Waals surface area contributed by atoms with E-state index in [-0.39, 0.29) is 40.0 Å². The van der Waals surface area contributed by atoms with E-state index < -0.39 is 24.0 Å². The van der Waals surface area contributed by atoms with Crippen LogP contribution >= 0.6 is 11.6 Å². The van der Waals surface area contributed by atoms with E-state index in [1.54, 1.807) is 18.2 Å². The van der Waals surface area contributed by atoms with Crippen molar-refractivity contribution < 1.29 is 35.9 Å². The van der Waals surface area contributed by atoms with Crippen LogP contribution in [0.2, 0.25) is 5.02 Å². The number of rotatable bonds is 7. The van der Waals surface area contributed by atoms with Crippen molar-refractivity contribution in [2.75, 3.05) is 5.32 Å². The first-order valence-corrected chi connectivity index (χ1v) is 14.5. The molecule has 2 aromatic heterocycles. The predicted octanol–water partition coefficient (Wildman–Crippen LogP) is 9.06. The summed E-state index contributed by atoms with van der Waals surface area (Å²) in [6.45, 7) is 6.42. The molecule has 1 saturated carbocycles. The number of nitrogens with one attached hydrogen (secondary N) is 2. The van der Waals surface area contributed by atoms with E-state index >= 15 is 0 Å². The minimum Gasteiger partial charge on any atom is -0.406 e. The Morgan fingerprint density at radius 3 is 2.40 bits per heavy atom. The zero-order chi connectivity index (χ0) is 32.7. The summed E-state index contributed by atoms with van der Waals surface area (Å²) in [6.07, 6.45) is -5.95. The third kappa shape index (κ3) is 7.81. The van der Waals surface area contributed by atoms with E-state index in [0.717, 1.165) is 30.8 Å². The number of ether oxygens (including phenoxy) is 1. The molecule has 0 aliphatic heterocycles. The van der Waals surface area contributed by atoms with Gasteiger partial charge in [0.25, 0.3) is 5.91 Å². The van der Waals surface area contributed by atoms with Crippen molar-refractivity contribution in [3.05, 3.63) is 76.6 Å². The Morgan fingerprint density at radius 1 is 1.07 bits per heavy atom. The topological polar surface area (TPSA) is 81.1 Å². The van der Waals surface area contributed by atoms with E-state index in [1.807, 2.05) is 0 Å². The lowest BCUT2D eigenvalue weighted by molar-refractivity contribution is -0.274. The number of anilines is 2. The van der Waals surface area contributed by atoms with Crippen molar-refractivity contribution in [2.45, 2.75) is 65.2 Å². The molecule has 1 aliphatic rings. The monoisotopic (exact) mass is 653 g/mol. The van der Waals surface area contributed by atoms with Crippen LogP contribution in [-0.2, 0) is 12.7 Å². The quantitative estimate of drug-likeness (QED) is 0.195. The number of carbonyl (C=O) groups excluding carboxylic acids is 1. The number of fused-ring (bicyclic) bond motifs is 1. The van der Waals surface area contributed by atoms with Gasteiger partial charge in [0.15, 0.2) is 0 Å². The highest BCUT2D eigenvalue weighted by Gasteiger charge is 2.35. The summed E-state index contributed by atoms with van der Waals surface area (Å²) >= 11 is 5.98. The maximum absolute atomic E-state index is 13.0. The van der Waals surface area contributed by atoms with E-state index in [1.165, 1.54) is 24.3 Å². The van der Waals surface area contributed by atoms with Gasteiger partial charge in [0.05, 0.1) is 33.9 Å². The zero-order valence-corrected chi connectivity index (χ0v) is 25.2. The smallest absolute Gasteiger partial charge is 0.406 e. The standard InChI is InChI=1S/C31H30ClF6N5O2/c1-17-10-21(14-29(2,3)13-17)43-26-9-4-18(27(44)40-16-25-23(32)12-19(15-39-25)30(33,34)35)11-24(26)42-28(43)41-20-5-7-22(8-6-20)45-31(36,37)38/h4-9,11-12,15,17,21H,10,13-14,16H2,1-3H3,(H,40,44)(H,41,42)/t17-,21+/m0/s1. The molecule has 7 nitrogen and oxygen atoms in total. The predicted molar refractivity (Wildman–Crippen MR) is 157 cm³/mol. The number of benzene rings is 2. The van der Waals surface area contributed by atoms with E-state index in [4.69, 9.17) is 16.6 Å². The minimum atomic E-state index is -4.81. The lowest BCUT2D eigenvalue weighted by Crippen LogP contribution is -2.29. The SMILES string of the molecule is C[C@H]1C[C@@H](n2c(Nc3ccc(OC(F)(F)F)cc3)nc3cc(C(=O)NCc4ncc(C(F)(F)F)cc4Cl)ccc32)CC(C)(C)C1. The number of pyridine rings is 1. The van der Waals surface area contributed by atoms with Crippen LogP contribution in [0, 0.1) is 11.3 Å². The van der Waals surface area contributed by atoms with Crippen LogP contribution in [-0.4, -0.2) is 26.8 Å². The van der Waals surface area contributed by atoms with Gasteiger partial charge in [0.2, 0.25) is 5.95 Å². The van der Waals surface area contributed by atoms with Crippen LogP contribution in [0.4, 0.5) is 38.0 Å². The minimum absolute atomic E-state index is 0.0525. The van der Waals surface area contributed by atoms with Crippen LogP contribution < -0.4 is 15.4 Å². The number of hydrogen-bond donors (Lipinski definition) is 2. The molecule has 1 fully saturated rings. The molecule has 240 valence electrons. The fourth-order valence-corrected chi connectivity index (χ4v) is 6.31. The van der Waals surface area contributed by atoms with Gasteiger partial charge in [-0.2, -0.15) is 13.2 Å². The van der Waals surface area contributed by atoms with Crippen LogP contribution in [0.15, 0.2) is 54.7 Å². The number of hydrogen-bond acceptors (Lipinski definition) is 5. The van der Waals surface area contributed by atoms with E-state index in [0.29, 0.717) is 29.3 Å². The summed E-state index contributed by atoms with van der Waals surface area (Å²) in [5.74, 6) is 0.0282. The van der Waals surface area contributed by atoms with Crippen LogP contribution in [0.1, 0.15) is 67.7 Å². The highest BCUT2D eigenvalue weighted by molar-refractivity contribution is 6.31. The summed E-state index contributed by atoms with van der Waals surface area (Å²) in [4.78, 5) is 21.6. The molecule has 1 amide bonds. The number of carbonyl (C=O) groups is 1. The Kier molecular flexibility index (Phi) is 8.69. The maximum atomic E-state index is 13.0. The third-order valence-corrected chi connectivity index (χ3v) is 8.01. The number of alkyl halides is 6. The molecule has 0 saturated heterocycles. The number of imidazole rings is 1. The number of aromatic nitrogens is 3. The summed E-state index contributed by atoms with van der Waals surface area (Å²) in [7, 11) is 0. The Bertz CT molecular complexity index is 1700. The summed E-state index contributed by atoms with van der Waals surface area (Å²) in [5, 5.41) is 5.63. The van der Waals surface area contributed by atoms with Gasteiger partial charge < -0.3 is 19.9 Å². The molecule has 1 aliphatic carbocycles. The summed E-state index contributed by atoms with van der Waals surface area (Å²) in [5.41, 5.74) is 1.15. The maximum Gasteiger partial charge on any atom is 0.573 e. The molecule has 2 aromatic carbocycles. The van der Waals surface area contributed by atoms with Gasteiger partial charge in [-0.15, -0.1) is 13.2 Å². The molecule has 0 bridgehead atoms. The summed E-state index contributed by atoms with van der Waals surface area (Å²) < 4.78 is 82.7. The van der Waals surface area contributed by atoms with Crippen molar-refractivity contribution in [2.24, 2.45) is 11.3 Å². The highest BCUT2D eigenvalue weighted by Crippen LogP contribution is 2.46. The number of halogens is 7. The van der Waals surface area contributed by atoms with Gasteiger partial charge >= 0.3 is 12.5 Å². The fraction of sp³-hybridized carbons (Fsp3) is 0.387. The molecule has 5 rings (SSSR count). The normalized spacial score (nSPS) is 18.5. The zero-order valence-electron chi connectivity index (χ0n) is 24.5. The first kappa shape index (κ1) is 32.4. The molecule has 45 heavy (non-hydrogen) atoms. The second kappa shape index (κ2) is 12.1. The highest BCUT2D eigenvalue weighted by atomic mass is 35.5. The lowest BCUT2D eigenvalue weighted by Gasteiger charge is -2.40. The van der Waals surface area contributed by atoms with E-state index in [9.17, 15) is 31.1 Å². The van der Waals surface area contributed by atoms with Crippen molar-refractivity contribution in [3.63, 3.8) is 0 Å². The molecule has 0 radical (unpaired) electrons. The fourth-order valence-electron chi connectivity index (χ4n) is 6.08. The van der Waals surface area contributed by atoms with Crippen molar-refractivity contribution in [3.8, 4) is 5.75 Å². The largest absolute Gasteiger partial charge is 0.573 e. The molecule has 4 aromatic rings. The first-order chi connectivity index (χ1) is 21.0. The van der Waals surface area contributed by atoms with E-state index in [2.05, 4.69) is 45.7 Å². The molecular weight excluding hydrogens is 624 g/mol. The number of amides is 1. The van der Waals surface area contributed by atoms with Gasteiger partial charge in [-0.05, 0) is 79.1 Å². The Labute approximate surface area is 259 Å². The van der Waals surface area contributed by atoms with Gasteiger partial charge in [0, 0.05) is 23.5 Å². The van der Waals surface area contributed by atoms with Crippen LogP contribution in [0.25, 0.3) is 11.0 Å². The average Bonchev–Trinajstić information content (AvgIpc) is 3.28. The van der Waals surface area contributed by atoms with Crippen molar-refractivity contribution in [1.82, 2.24) is 19.9 Å². The van der Waals surface area contributed by atoms with Crippen molar-refractivity contribution >= 4 is 40.2 Å². The molecule has 2 atom stereocenters. The Balaban J connectivity index is 1.42. The van der Waals surface area contributed by atoms with Crippen LogP contribution in [0.3, 0.4) is 0 Å². The molecule has 0 unspecified atom stereocenters. The Morgan fingerprint density at radius 2 is 1.78 bits per heavy atom. The van der Waals surface area contributed by atoms with Gasteiger partial charge in [-0.3, -0.25) is 9.78 Å². The first-order valence-electron chi connectivity index (χ1n) is 14.1. The second-order valence-corrected chi connectivity index (χ2v) is 12.5. The van der Waals surface area contributed by atoms with Crippen molar-refractivity contribution in [1.29, 1.82) is 0 Å². The molecule has 14 heteroatoms. The van der Waals surface area contributed by atoms with Gasteiger partial charge in [-0.1, -0.05) is 32.4 Å². The molecular formula is C31H30ClF6N5O2. The molecule has 0 spiro atoms. The average molecular weight is 654 g/mol. The second-order valence-electron chi connectivity index (χ2n) is 12.1. The molecule has 2 heterocycles.